The molecule has 0 spiro atoms. The molecule has 0 atom stereocenters. The van der Waals surface area contributed by atoms with Gasteiger partial charge in [0.25, 0.3) is 0 Å². The summed E-state index contributed by atoms with van der Waals surface area (Å²) in [4.78, 5) is 7.26. The number of rotatable bonds is 7. The smallest absolute Gasteiger partial charge is 0.227 e. The molecule has 3 nitrogen and oxygen atoms in total. The summed E-state index contributed by atoms with van der Waals surface area (Å²) in [5.41, 5.74) is 12.7. The molecule has 0 unspecified atom stereocenters. The van der Waals surface area contributed by atoms with Crippen molar-refractivity contribution in [3.8, 4) is 44.8 Å². The highest BCUT2D eigenvalue weighted by Gasteiger charge is 2.17. The lowest BCUT2D eigenvalue weighted by Gasteiger charge is -2.26. The summed E-state index contributed by atoms with van der Waals surface area (Å²) >= 11 is 0. The standard InChI is InChI=1S/C51H34N2O/c1-2-10-35(11-3-1)37-22-28-43(29-23-37)53(44-30-24-38(25-31-44)42-21-20-36-12-4-5-14-41(36)34-42)45-32-26-40(27-33-45)47-17-9-19-49-50(47)54-51(52-49)48-18-8-15-39-13-6-7-16-46(39)48/h1-34H. The molecule has 1 aromatic heterocycles. The first kappa shape index (κ1) is 31.5. The minimum absolute atomic E-state index is 0.628. The second kappa shape index (κ2) is 13.4. The van der Waals surface area contributed by atoms with E-state index in [0.29, 0.717) is 5.89 Å². The highest BCUT2D eigenvalue weighted by molar-refractivity contribution is 5.98. The van der Waals surface area contributed by atoms with Crippen molar-refractivity contribution in [1.82, 2.24) is 4.98 Å². The predicted octanol–water partition coefficient (Wildman–Crippen LogP) is 14.3. The summed E-state index contributed by atoms with van der Waals surface area (Å²) < 4.78 is 6.56. The molecule has 9 aromatic carbocycles. The van der Waals surface area contributed by atoms with Crippen LogP contribution in [-0.4, -0.2) is 4.98 Å². The van der Waals surface area contributed by atoms with Crippen LogP contribution in [0.2, 0.25) is 0 Å². The molecule has 0 fully saturated rings. The van der Waals surface area contributed by atoms with Crippen molar-refractivity contribution in [3.63, 3.8) is 0 Å². The summed E-state index contributed by atoms with van der Waals surface area (Å²) in [6.07, 6.45) is 0. The van der Waals surface area contributed by atoms with Crippen LogP contribution < -0.4 is 4.90 Å². The quantitative estimate of drug-likeness (QED) is 0.167. The number of benzene rings is 9. The Labute approximate surface area is 314 Å². The number of nitrogens with zero attached hydrogens (tertiary/aromatic N) is 2. The third kappa shape index (κ3) is 5.78. The van der Waals surface area contributed by atoms with Crippen molar-refractivity contribution >= 4 is 49.7 Å². The Bertz CT molecular complexity index is 2900. The number of fused-ring (bicyclic) bond motifs is 3. The first-order valence-electron chi connectivity index (χ1n) is 18.3. The van der Waals surface area contributed by atoms with Crippen LogP contribution in [0.4, 0.5) is 17.1 Å². The van der Waals surface area contributed by atoms with Gasteiger partial charge in [0.15, 0.2) is 5.58 Å². The van der Waals surface area contributed by atoms with Gasteiger partial charge in [0.2, 0.25) is 5.89 Å². The van der Waals surface area contributed by atoms with Crippen LogP contribution in [0, 0.1) is 0 Å². The summed E-state index contributed by atoms with van der Waals surface area (Å²) in [6.45, 7) is 0. The molecule has 0 N–H and O–H groups in total. The van der Waals surface area contributed by atoms with Crippen molar-refractivity contribution in [2.45, 2.75) is 0 Å². The van der Waals surface area contributed by atoms with Gasteiger partial charge < -0.3 is 9.32 Å². The normalized spacial score (nSPS) is 11.3. The Hall–Kier alpha value is -7.23. The SMILES string of the molecule is c1ccc(-c2ccc(N(c3ccc(-c4ccc5ccccc5c4)cc3)c3ccc(-c4cccc5nc(-c6cccc7ccccc67)oc45)cc3)cc2)cc1. The first-order valence-corrected chi connectivity index (χ1v) is 18.3. The van der Waals surface area contributed by atoms with E-state index in [2.05, 4.69) is 205 Å². The molecular weight excluding hydrogens is 657 g/mol. The lowest BCUT2D eigenvalue weighted by molar-refractivity contribution is 0.621. The maximum atomic E-state index is 6.56. The van der Waals surface area contributed by atoms with E-state index >= 15 is 0 Å². The van der Waals surface area contributed by atoms with Gasteiger partial charge in [-0.2, -0.15) is 0 Å². The molecule has 0 radical (unpaired) electrons. The summed E-state index contributed by atoms with van der Waals surface area (Å²) in [5.74, 6) is 0.628. The Morgan fingerprint density at radius 3 is 1.59 bits per heavy atom. The zero-order valence-corrected chi connectivity index (χ0v) is 29.4. The van der Waals surface area contributed by atoms with E-state index in [4.69, 9.17) is 9.40 Å². The van der Waals surface area contributed by atoms with Gasteiger partial charge in [-0.3, -0.25) is 0 Å². The van der Waals surface area contributed by atoms with E-state index in [-0.39, 0.29) is 0 Å². The Morgan fingerprint density at radius 2 is 0.870 bits per heavy atom. The largest absolute Gasteiger partial charge is 0.435 e. The van der Waals surface area contributed by atoms with Crippen LogP contribution in [0.25, 0.3) is 77.5 Å². The second-order valence-corrected chi connectivity index (χ2v) is 13.6. The maximum Gasteiger partial charge on any atom is 0.227 e. The van der Waals surface area contributed by atoms with Gasteiger partial charge in [0.1, 0.15) is 5.52 Å². The van der Waals surface area contributed by atoms with E-state index in [1.807, 2.05) is 6.07 Å². The van der Waals surface area contributed by atoms with Crippen molar-refractivity contribution in [2.75, 3.05) is 4.90 Å². The van der Waals surface area contributed by atoms with Gasteiger partial charge in [-0.05, 0) is 104 Å². The van der Waals surface area contributed by atoms with Gasteiger partial charge in [-0.25, -0.2) is 4.98 Å². The molecule has 0 aliphatic heterocycles. The molecule has 10 aromatic rings. The average molecular weight is 691 g/mol. The fourth-order valence-electron chi connectivity index (χ4n) is 7.55. The fraction of sp³-hybridized carbons (Fsp3) is 0. The molecule has 0 saturated carbocycles. The van der Waals surface area contributed by atoms with E-state index < -0.39 is 0 Å². The van der Waals surface area contributed by atoms with Gasteiger partial charge in [-0.15, -0.1) is 0 Å². The van der Waals surface area contributed by atoms with Crippen LogP contribution in [-0.2, 0) is 0 Å². The first-order chi connectivity index (χ1) is 26.7. The lowest BCUT2D eigenvalue weighted by atomic mass is 10.0. The van der Waals surface area contributed by atoms with E-state index in [9.17, 15) is 0 Å². The molecule has 0 bridgehead atoms. The van der Waals surface area contributed by atoms with Crippen LogP contribution in [0.1, 0.15) is 0 Å². The Morgan fingerprint density at radius 1 is 0.352 bits per heavy atom. The third-order valence-electron chi connectivity index (χ3n) is 10.3. The minimum atomic E-state index is 0.628. The topological polar surface area (TPSA) is 29.3 Å². The number of para-hydroxylation sites is 1. The molecule has 0 aliphatic carbocycles. The van der Waals surface area contributed by atoms with Crippen molar-refractivity contribution < 1.29 is 4.42 Å². The van der Waals surface area contributed by atoms with Gasteiger partial charge >= 0.3 is 0 Å². The van der Waals surface area contributed by atoms with Crippen LogP contribution in [0.5, 0.6) is 0 Å². The Balaban J connectivity index is 1.02. The van der Waals surface area contributed by atoms with Crippen LogP contribution in [0.15, 0.2) is 211 Å². The zero-order chi connectivity index (χ0) is 35.8. The molecule has 0 amide bonds. The van der Waals surface area contributed by atoms with Crippen LogP contribution >= 0.6 is 0 Å². The number of anilines is 3. The average Bonchev–Trinajstić information content (AvgIpc) is 3.69. The fourth-order valence-corrected chi connectivity index (χ4v) is 7.55. The zero-order valence-electron chi connectivity index (χ0n) is 29.4. The van der Waals surface area contributed by atoms with Gasteiger partial charge in [-0.1, -0.05) is 152 Å². The van der Waals surface area contributed by atoms with Crippen molar-refractivity contribution in [2.24, 2.45) is 0 Å². The van der Waals surface area contributed by atoms with E-state index in [0.717, 1.165) is 55.6 Å². The predicted molar refractivity (Wildman–Crippen MR) is 225 cm³/mol. The third-order valence-corrected chi connectivity index (χ3v) is 10.3. The number of oxazole rings is 1. The molecule has 0 aliphatic rings. The molecule has 3 heteroatoms. The van der Waals surface area contributed by atoms with Gasteiger partial charge in [0.05, 0.1) is 0 Å². The van der Waals surface area contributed by atoms with Crippen molar-refractivity contribution in [1.29, 1.82) is 0 Å². The summed E-state index contributed by atoms with van der Waals surface area (Å²) in [7, 11) is 0. The lowest BCUT2D eigenvalue weighted by Crippen LogP contribution is -2.09. The molecular formula is C51H34N2O. The molecule has 1 heterocycles. The van der Waals surface area contributed by atoms with Gasteiger partial charge in [0, 0.05) is 28.2 Å². The highest BCUT2D eigenvalue weighted by Crippen LogP contribution is 2.40. The number of hydrogen-bond acceptors (Lipinski definition) is 3. The van der Waals surface area contributed by atoms with Crippen LogP contribution in [0.3, 0.4) is 0 Å². The monoisotopic (exact) mass is 690 g/mol. The summed E-state index contributed by atoms with van der Waals surface area (Å²) in [5, 5.41) is 4.77. The molecule has 254 valence electrons. The van der Waals surface area contributed by atoms with E-state index in [1.165, 1.54) is 33.0 Å². The highest BCUT2D eigenvalue weighted by atomic mass is 16.3. The number of aromatic nitrogens is 1. The summed E-state index contributed by atoms with van der Waals surface area (Å²) in [6, 6.07) is 72.9. The van der Waals surface area contributed by atoms with Crippen molar-refractivity contribution in [3.05, 3.63) is 206 Å². The van der Waals surface area contributed by atoms with E-state index in [1.54, 1.807) is 0 Å². The second-order valence-electron chi connectivity index (χ2n) is 13.6. The number of hydrogen-bond donors (Lipinski definition) is 0. The molecule has 10 rings (SSSR count). The maximum absolute atomic E-state index is 6.56. The molecule has 0 saturated heterocycles. The minimum Gasteiger partial charge on any atom is -0.435 e. The Kier molecular flexibility index (Phi) is 7.81. The molecule has 54 heavy (non-hydrogen) atoms.